The molecule has 0 amide bonds. The fourth-order valence-electron chi connectivity index (χ4n) is 1.67. The Kier molecular flexibility index (Phi) is 3.94. The summed E-state index contributed by atoms with van der Waals surface area (Å²) in [7, 11) is 0. The van der Waals surface area contributed by atoms with Crippen molar-refractivity contribution in [1.29, 1.82) is 5.26 Å². The first kappa shape index (κ1) is 12.8. The highest BCUT2D eigenvalue weighted by atomic mass is 19.1. The fourth-order valence-corrected chi connectivity index (χ4v) is 1.67. The van der Waals surface area contributed by atoms with Crippen molar-refractivity contribution in [2.45, 2.75) is 6.42 Å². The number of nitrogen functional groups attached to an aromatic ring is 1. The maximum absolute atomic E-state index is 12.7. The zero-order valence-electron chi connectivity index (χ0n) is 10.2. The Hall–Kier alpha value is -2.61. The van der Waals surface area contributed by atoms with E-state index in [1.165, 1.54) is 18.3 Å². The molecule has 0 fully saturated rings. The third kappa shape index (κ3) is 3.42. The summed E-state index contributed by atoms with van der Waals surface area (Å²) < 4.78 is 12.7. The van der Waals surface area contributed by atoms with Gasteiger partial charge >= 0.3 is 0 Å². The van der Waals surface area contributed by atoms with Crippen LogP contribution in [0.15, 0.2) is 36.5 Å². The van der Waals surface area contributed by atoms with Crippen LogP contribution in [0.2, 0.25) is 0 Å². The van der Waals surface area contributed by atoms with Gasteiger partial charge in [-0.1, -0.05) is 12.1 Å². The molecule has 0 aliphatic rings. The number of nitrogens with two attached hydrogens (primary N) is 1. The summed E-state index contributed by atoms with van der Waals surface area (Å²) in [6.07, 6.45) is 2.21. The van der Waals surface area contributed by atoms with E-state index in [9.17, 15) is 4.39 Å². The van der Waals surface area contributed by atoms with Gasteiger partial charge in [-0.2, -0.15) is 5.26 Å². The van der Waals surface area contributed by atoms with Crippen LogP contribution >= 0.6 is 0 Å². The molecule has 2 rings (SSSR count). The van der Waals surface area contributed by atoms with E-state index in [1.807, 2.05) is 6.07 Å². The number of pyridine rings is 1. The molecule has 0 bridgehead atoms. The Morgan fingerprint density at radius 1 is 1.32 bits per heavy atom. The van der Waals surface area contributed by atoms with Crippen LogP contribution in [0.3, 0.4) is 0 Å². The van der Waals surface area contributed by atoms with Crippen molar-refractivity contribution in [3.05, 3.63) is 53.5 Å². The van der Waals surface area contributed by atoms with Crippen LogP contribution in [-0.4, -0.2) is 11.5 Å². The zero-order valence-corrected chi connectivity index (χ0v) is 10.2. The lowest BCUT2D eigenvalue weighted by Gasteiger charge is -2.08. The number of halogens is 1. The van der Waals surface area contributed by atoms with Crippen molar-refractivity contribution < 1.29 is 4.39 Å². The third-order valence-electron chi connectivity index (χ3n) is 2.67. The Morgan fingerprint density at radius 3 is 2.68 bits per heavy atom. The lowest BCUT2D eigenvalue weighted by Crippen LogP contribution is -2.08. The SMILES string of the molecule is N#Cc1cnc(NCCc2ccc(F)cc2)c(N)c1. The van der Waals surface area contributed by atoms with Crippen LogP contribution in [0.4, 0.5) is 15.9 Å². The summed E-state index contributed by atoms with van der Waals surface area (Å²) in [6, 6.07) is 9.91. The summed E-state index contributed by atoms with van der Waals surface area (Å²) in [5, 5.41) is 11.8. The average Bonchev–Trinajstić information content (AvgIpc) is 2.42. The van der Waals surface area contributed by atoms with Gasteiger partial charge in [0, 0.05) is 12.7 Å². The monoisotopic (exact) mass is 256 g/mol. The number of rotatable bonds is 4. The zero-order chi connectivity index (χ0) is 13.7. The quantitative estimate of drug-likeness (QED) is 0.880. The van der Waals surface area contributed by atoms with Crippen LogP contribution in [0.1, 0.15) is 11.1 Å². The van der Waals surface area contributed by atoms with Gasteiger partial charge in [-0.25, -0.2) is 9.37 Å². The third-order valence-corrected chi connectivity index (χ3v) is 2.67. The van der Waals surface area contributed by atoms with Crippen molar-refractivity contribution in [1.82, 2.24) is 4.98 Å². The van der Waals surface area contributed by atoms with Crippen molar-refractivity contribution in [3.63, 3.8) is 0 Å². The molecule has 0 saturated heterocycles. The highest BCUT2D eigenvalue weighted by molar-refractivity contribution is 5.63. The number of anilines is 2. The number of nitrogens with one attached hydrogen (secondary N) is 1. The molecule has 1 aromatic heterocycles. The number of nitrogens with zero attached hydrogens (tertiary/aromatic N) is 2. The maximum Gasteiger partial charge on any atom is 0.149 e. The second-order valence-electron chi connectivity index (χ2n) is 4.08. The number of hydrogen-bond acceptors (Lipinski definition) is 4. The molecule has 0 unspecified atom stereocenters. The van der Waals surface area contributed by atoms with Crippen molar-refractivity contribution in [2.75, 3.05) is 17.6 Å². The number of nitriles is 1. The molecule has 96 valence electrons. The fraction of sp³-hybridized carbons (Fsp3) is 0.143. The van der Waals surface area contributed by atoms with Gasteiger partial charge < -0.3 is 11.1 Å². The highest BCUT2D eigenvalue weighted by Crippen LogP contribution is 2.15. The molecule has 5 heteroatoms. The van der Waals surface area contributed by atoms with Gasteiger partial charge in [-0.15, -0.1) is 0 Å². The van der Waals surface area contributed by atoms with E-state index in [4.69, 9.17) is 11.0 Å². The van der Waals surface area contributed by atoms with E-state index in [-0.39, 0.29) is 5.82 Å². The standard InChI is InChI=1S/C14H13FN4/c15-12-3-1-10(2-4-12)5-6-18-14-13(17)7-11(8-16)9-19-14/h1-4,7,9H,5-6,17H2,(H,18,19). The molecule has 3 N–H and O–H groups in total. The predicted octanol–water partition coefficient (Wildman–Crippen LogP) is 2.33. The van der Waals surface area contributed by atoms with Gasteiger partial charge in [0.05, 0.1) is 11.3 Å². The van der Waals surface area contributed by atoms with E-state index in [1.54, 1.807) is 18.2 Å². The van der Waals surface area contributed by atoms with Crippen molar-refractivity contribution in [3.8, 4) is 6.07 Å². The molecule has 0 saturated carbocycles. The molecule has 0 radical (unpaired) electrons. The topological polar surface area (TPSA) is 74.7 Å². The number of benzene rings is 1. The second-order valence-corrected chi connectivity index (χ2v) is 4.08. The van der Waals surface area contributed by atoms with Crippen LogP contribution < -0.4 is 11.1 Å². The summed E-state index contributed by atoms with van der Waals surface area (Å²) in [5.41, 5.74) is 7.67. The van der Waals surface area contributed by atoms with Gasteiger partial charge in [-0.3, -0.25) is 0 Å². The molecule has 0 atom stereocenters. The maximum atomic E-state index is 12.7. The minimum atomic E-state index is -0.241. The molecular formula is C14H13FN4. The first-order valence-electron chi connectivity index (χ1n) is 5.83. The van der Waals surface area contributed by atoms with Crippen LogP contribution in [0.25, 0.3) is 0 Å². The molecule has 0 aliphatic carbocycles. The van der Waals surface area contributed by atoms with E-state index in [0.29, 0.717) is 23.6 Å². The van der Waals surface area contributed by atoms with Crippen LogP contribution in [0.5, 0.6) is 0 Å². The van der Waals surface area contributed by atoms with Gasteiger partial charge in [0.1, 0.15) is 17.7 Å². The molecule has 4 nitrogen and oxygen atoms in total. The van der Waals surface area contributed by atoms with Crippen molar-refractivity contribution >= 4 is 11.5 Å². The number of aromatic nitrogens is 1. The molecule has 2 aromatic rings. The Morgan fingerprint density at radius 2 is 2.05 bits per heavy atom. The second kappa shape index (κ2) is 5.83. The molecular weight excluding hydrogens is 243 g/mol. The predicted molar refractivity (Wildman–Crippen MR) is 72.0 cm³/mol. The van der Waals surface area contributed by atoms with Gasteiger partial charge in [0.25, 0.3) is 0 Å². The van der Waals surface area contributed by atoms with Crippen LogP contribution in [-0.2, 0) is 6.42 Å². The summed E-state index contributed by atoms with van der Waals surface area (Å²) >= 11 is 0. The molecule has 19 heavy (non-hydrogen) atoms. The van der Waals surface area contributed by atoms with Crippen LogP contribution in [0, 0.1) is 17.1 Å². The lowest BCUT2D eigenvalue weighted by atomic mass is 10.1. The first-order chi connectivity index (χ1) is 9.19. The normalized spacial score (nSPS) is 9.89. The molecule has 1 aromatic carbocycles. The van der Waals surface area contributed by atoms with Crippen molar-refractivity contribution in [2.24, 2.45) is 0 Å². The largest absolute Gasteiger partial charge is 0.396 e. The van der Waals surface area contributed by atoms with Gasteiger partial charge in [0.15, 0.2) is 0 Å². The summed E-state index contributed by atoms with van der Waals surface area (Å²) in [5.74, 6) is 0.316. The van der Waals surface area contributed by atoms with E-state index >= 15 is 0 Å². The lowest BCUT2D eigenvalue weighted by molar-refractivity contribution is 0.627. The minimum absolute atomic E-state index is 0.241. The summed E-state index contributed by atoms with van der Waals surface area (Å²) in [4.78, 5) is 4.08. The molecule has 1 heterocycles. The van der Waals surface area contributed by atoms with E-state index in [2.05, 4.69) is 10.3 Å². The summed E-state index contributed by atoms with van der Waals surface area (Å²) in [6.45, 7) is 0.634. The van der Waals surface area contributed by atoms with Gasteiger partial charge in [-0.05, 0) is 30.2 Å². The molecule has 0 aliphatic heterocycles. The van der Waals surface area contributed by atoms with E-state index in [0.717, 1.165) is 12.0 Å². The average molecular weight is 256 g/mol. The molecule has 0 spiro atoms. The van der Waals surface area contributed by atoms with Gasteiger partial charge in [0.2, 0.25) is 0 Å². The first-order valence-corrected chi connectivity index (χ1v) is 5.83. The number of hydrogen-bond donors (Lipinski definition) is 2. The highest BCUT2D eigenvalue weighted by Gasteiger charge is 2.02. The Labute approximate surface area is 110 Å². The Balaban J connectivity index is 1.92. The van der Waals surface area contributed by atoms with E-state index < -0.39 is 0 Å². The minimum Gasteiger partial charge on any atom is -0.396 e. The smallest absolute Gasteiger partial charge is 0.149 e. The Bertz CT molecular complexity index is 602.